The van der Waals surface area contributed by atoms with Crippen LogP contribution in [0.25, 0.3) is 11.0 Å². The van der Waals surface area contributed by atoms with Crippen LogP contribution in [0.4, 0.5) is 30.4 Å². The van der Waals surface area contributed by atoms with Crippen molar-refractivity contribution in [2.24, 2.45) is 0 Å². The van der Waals surface area contributed by atoms with E-state index in [0.717, 1.165) is 37.3 Å². The second-order valence-corrected chi connectivity index (χ2v) is 9.66. The summed E-state index contributed by atoms with van der Waals surface area (Å²) in [6, 6.07) is 15.0. The fraction of sp³-hybridized carbons (Fsp3) is 0.357. The Morgan fingerprint density at radius 1 is 0.892 bits per heavy atom. The van der Waals surface area contributed by atoms with E-state index in [1.165, 1.54) is 16.3 Å². The van der Waals surface area contributed by atoms with E-state index in [-0.39, 0.29) is 17.7 Å². The average molecular weight is 510 g/mol. The molecule has 1 aromatic carbocycles. The van der Waals surface area contributed by atoms with Crippen LogP contribution in [0.2, 0.25) is 0 Å². The van der Waals surface area contributed by atoms with Crippen molar-refractivity contribution >= 4 is 28.2 Å². The van der Waals surface area contributed by atoms with Crippen LogP contribution in [0.15, 0.2) is 76.6 Å². The van der Waals surface area contributed by atoms with Crippen LogP contribution in [0.5, 0.6) is 0 Å². The molecule has 1 N–H and O–H groups in total. The summed E-state index contributed by atoms with van der Waals surface area (Å²) in [6.07, 6.45) is -0.647. The van der Waals surface area contributed by atoms with E-state index in [9.17, 15) is 18.0 Å². The van der Waals surface area contributed by atoms with Crippen LogP contribution in [-0.4, -0.2) is 53.9 Å². The van der Waals surface area contributed by atoms with E-state index < -0.39 is 12.6 Å². The van der Waals surface area contributed by atoms with Crippen molar-refractivity contribution in [1.82, 2.24) is 14.5 Å². The molecule has 5 rings (SSSR count). The number of likely N-dealkylation sites (N-methyl/N-ethyl adjacent to an activating group) is 1. The van der Waals surface area contributed by atoms with Gasteiger partial charge in [-0.05, 0) is 73.5 Å². The third-order valence-electron chi connectivity index (χ3n) is 6.92. The molecule has 1 aliphatic heterocycles. The molecule has 0 bridgehead atoms. The molecular weight excluding hydrogens is 479 g/mol. The lowest BCUT2D eigenvalue weighted by Crippen LogP contribution is -2.44. The second-order valence-electron chi connectivity index (χ2n) is 9.66. The third kappa shape index (κ3) is 6.05. The number of fused-ring (bicyclic) bond motifs is 1. The van der Waals surface area contributed by atoms with Gasteiger partial charge >= 0.3 is 6.18 Å². The van der Waals surface area contributed by atoms with Gasteiger partial charge in [0.25, 0.3) is 5.56 Å². The summed E-state index contributed by atoms with van der Waals surface area (Å²) in [7, 11) is 2.13. The van der Waals surface area contributed by atoms with Gasteiger partial charge in [0.1, 0.15) is 11.5 Å². The van der Waals surface area contributed by atoms with Crippen molar-refractivity contribution in [3.63, 3.8) is 0 Å². The molecule has 194 valence electrons. The Balaban J connectivity index is 1.38. The van der Waals surface area contributed by atoms with E-state index in [1.807, 2.05) is 24.3 Å². The predicted molar refractivity (Wildman–Crippen MR) is 142 cm³/mol. The number of hydrogen-bond donors (Lipinski definition) is 1. The molecule has 9 heteroatoms. The number of aromatic nitrogens is 2. The molecule has 0 unspecified atom stereocenters. The molecule has 1 saturated heterocycles. The van der Waals surface area contributed by atoms with Crippen LogP contribution >= 0.6 is 0 Å². The zero-order valence-electron chi connectivity index (χ0n) is 20.8. The largest absolute Gasteiger partial charge is 0.393 e. The lowest BCUT2D eigenvalue weighted by molar-refractivity contribution is -0.126. The molecule has 0 radical (unpaired) electrons. The molecule has 2 aromatic heterocycles. The van der Waals surface area contributed by atoms with E-state index >= 15 is 0 Å². The first-order chi connectivity index (χ1) is 17.7. The zero-order chi connectivity index (χ0) is 26.0. The summed E-state index contributed by atoms with van der Waals surface area (Å²) in [6.45, 7) is 4.10. The van der Waals surface area contributed by atoms with Crippen LogP contribution in [0.3, 0.4) is 0 Å². The first-order valence-corrected chi connectivity index (χ1v) is 12.5. The number of halogens is 3. The van der Waals surface area contributed by atoms with E-state index in [4.69, 9.17) is 0 Å². The van der Waals surface area contributed by atoms with E-state index in [1.54, 1.807) is 18.2 Å². The zero-order valence-corrected chi connectivity index (χ0v) is 20.8. The van der Waals surface area contributed by atoms with Crippen molar-refractivity contribution in [2.75, 3.05) is 43.4 Å². The Morgan fingerprint density at radius 2 is 1.57 bits per heavy atom. The highest BCUT2D eigenvalue weighted by atomic mass is 19.4. The number of hydrogen-bond acceptors (Lipinski definition) is 5. The molecule has 0 saturated carbocycles. The highest BCUT2D eigenvalue weighted by molar-refractivity contribution is 5.78. The molecule has 0 amide bonds. The number of nitrogens with zero attached hydrogens (tertiary/aromatic N) is 4. The van der Waals surface area contributed by atoms with Crippen molar-refractivity contribution in [1.29, 1.82) is 0 Å². The molecule has 0 atom stereocenters. The molecule has 1 fully saturated rings. The standard InChI is InChI=1S/C28H30F3N5O/c1-34-14-16-35(17-15-34)24-10-8-23(9-11-24)32-25-12-6-20-7-13-26(37)36(27(20)33-25)19-22-5-3-2-4-21(22)18-28(29,30)31/h4-13H,2-3,14-19H2,1H3,(H,32,33). The molecule has 0 spiro atoms. The summed E-state index contributed by atoms with van der Waals surface area (Å²) in [5.74, 6) is 0.558. The third-order valence-corrected chi connectivity index (χ3v) is 6.92. The molecule has 2 aliphatic rings. The normalized spacial score (nSPS) is 17.0. The van der Waals surface area contributed by atoms with Crippen LogP contribution in [0, 0.1) is 0 Å². The molecule has 1 aliphatic carbocycles. The maximum atomic E-state index is 13.1. The monoisotopic (exact) mass is 509 g/mol. The average Bonchev–Trinajstić information content (AvgIpc) is 2.87. The Kier molecular flexibility index (Phi) is 7.06. The highest BCUT2D eigenvalue weighted by Crippen LogP contribution is 2.32. The maximum absolute atomic E-state index is 13.1. The minimum atomic E-state index is -4.30. The smallest absolute Gasteiger partial charge is 0.369 e. The van der Waals surface area contributed by atoms with Gasteiger partial charge in [-0.1, -0.05) is 12.2 Å². The van der Waals surface area contributed by atoms with Crippen molar-refractivity contribution < 1.29 is 13.2 Å². The molecular formula is C28H30F3N5O. The lowest BCUT2D eigenvalue weighted by Gasteiger charge is -2.34. The van der Waals surface area contributed by atoms with Crippen LogP contribution in [-0.2, 0) is 6.54 Å². The summed E-state index contributed by atoms with van der Waals surface area (Å²) >= 11 is 0. The maximum Gasteiger partial charge on any atom is 0.393 e. The van der Waals surface area contributed by atoms with Crippen LogP contribution in [0.1, 0.15) is 19.3 Å². The van der Waals surface area contributed by atoms with E-state index in [0.29, 0.717) is 29.9 Å². The lowest BCUT2D eigenvalue weighted by atomic mass is 9.95. The number of anilines is 3. The number of pyridine rings is 2. The first kappa shape index (κ1) is 25.1. The number of rotatable bonds is 6. The fourth-order valence-corrected chi connectivity index (χ4v) is 4.87. The van der Waals surface area contributed by atoms with Crippen molar-refractivity contribution in [2.45, 2.75) is 32.0 Å². The van der Waals surface area contributed by atoms with E-state index in [2.05, 4.69) is 39.3 Å². The van der Waals surface area contributed by atoms with Gasteiger partial charge in [-0.2, -0.15) is 13.2 Å². The van der Waals surface area contributed by atoms with Gasteiger partial charge in [-0.3, -0.25) is 9.36 Å². The summed E-state index contributed by atoms with van der Waals surface area (Å²) in [5.41, 5.74) is 2.92. The van der Waals surface area contributed by atoms with Crippen molar-refractivity contribution in [3.05, 3.63) is 82.2 Å². The SMILES string of the molecule is CN1CCN(c2ccc(Nc3ccc4ccc(=O)n(CC5=CCCC=C5CC(F)(F)F)c4n3)cc2)CC1. The van der Waals surface area contributed by atoms with Gasteiger partial charge in [-0.15, -0.1) is 0 Å². The highest BCUT2D eigenvalue weighted by Gasteiger charge is 2.30. The summed E-state index contributed by atoms with van der Waals surface area (Å²) < 4.78 is 40.8. The topological polar surface area (TPSA) is 53.4 Å². The summed E-state index contributed by atoms with van der Waals surface area (Å²) in [5, 5.41) is 4.04. The number of nitrogens with one attached hydrogen (secondary N) is 1. The van der Waals surface area contributed by atoms with Gasteiger partial charge in [0.15, 0.2) is 0 Å². The molecule has 3 aromatic rings. The Bertz CT molecular complexity index is 1380. The molecule has 6 nitrogen and oxygen atoms in total. The van der Waals surface area contributed by atoms with Gasteiger partial charge in [0, 0.05) is 49.0 Å². The minimum absolute atomic E-state index is 0.0499. The van der Waals surface area contributed by atoms with Gasteiger partial charge < -0.3 is 15.1 Å². The molecule has 3 heterocycles. The number of alkyl halides is 3. The van der Waals surface area contributed by atoms with Gasteiger partial charge in [0.05, 0.1) is 13.0 Å². The summed E-state index contributed by atoms with van der Waals surface area (Å²) in [4.78, 5) is 22.2. The second kappa shape index (κ2) is 10.4. The van der Waals surface area contributed by atoms with Crippen molar-refractivity contribution in [3.8, 4) is 0 Å². The Hall–Kier alpha value is -3.59. The Morgan fingerprint density at radius 3 is 2.27 bits per heavy atom. The van der Waals surface area contributed by atoms with Crippen LogP contribution < -0.4 is 15.8 Å². The van der Waals surface area contributed by atoms with Gasteiger partial charge in [0.2, 0.25) is 0 Å². The number of piperazine rings is 1. The van der Waals surface area contributed by atoms with Gasteiger partial charge in [-0.25, -0.2) is 4.98 Å². The predicted octanol–water partition coefficient (Wildman–Crippen LogP) is 5.49. The fourth-order valence-electron chi connectivity index (χ4n) is 4.87. The minimum Gasteiger partial charge on any atom is -0.369 e. The first-order valence-electron chi connectivity index (χ1n) is 12.5. The number of allylic oxidation sites excluding steroid dienone is 4. The quantitative estimate of drug-likeness (QED) is 0.476. The molecule has 37 heavy (non-hydrogen) atoms. The Labute approximate surface area is 213 Å². The number of benzene rings is 1.